The molecule has 2 fully saturated rings. The van der Waals surface area contributed by atoms with Gasteiger partial charge in [0.15, 0.2) is 0 Å². The molecule has 140 valence electrons. The molecule has 8 heteroatoms. The van der Waals surface area contributed by atoms with E-state index in [0.29, 0.717) is 6.61 Å². The van der Waals surface area contributed by atoms with Crippen LogP contribution in [0.4, 0.5) is 13.2 Å². The molecule has 2 heterocycles. The van der Waals surface area contributed by atoms with Gasteiger partial charge >= 0.3 is 6.36 Å². The van der Waals surface area contributed by atoms with Gasteiger partial charge in [-0.05, 0) is 48.6 Å². The molecule has 2 aromatic rings. The predicted octanol–water partition coefficient (Wildman–Crippen LogP) is 3.76. The Morgan fingerprint density at radius 2 is 2.00 bits per heavy atom. The number of ether oxygens (including phenoxy) is 2. The van der Waals surface area contributed by atoms with E-state index in [1.165, 1.54) is 25.0 Å². The van der Waals surface area contributed by atoms with Crippen LogP contribution in [-0.4, -0.2) is 47.5 Å². The van der Waals surface area contributed by atoms with Gasteiger partial charge in [0.2, 0.25) is 0 Å². The number of aromatic amines is 1. The Labute approximate surface area is 149 Å². The van der Waals surface area contributed by atoms with Crippen LogP contribution in [0.25, 0.3) is 11.3 Å². The molecule has 0 spiro atoms. The summed E-state index contributed by atoms with van der Waals surface area (Å²) in [6, 6.07) is 5.85. The lowest BCUT2D eigenvalue weighted by Crippen LogP contribution is -2.41. The van der Waals surface area contributed by atoms with Crippen molar-refractivity contribution in [3.05, 3.63) is 36.3 Å². The second-order valence-corrected chi connectivity index (χ2v) is 6.78. The van der Waals surface area contributed by atoms with Gasteiger partial charge in [0.05, 0.1) is 31.1 Å². The molecule has 1 atom stereocenters. The van der Waals surface area contributed by atoms with E-state index in [1.807, 2.05) is 0 Å². The molecule has 1 aliphatic carbocycles. The number of aromatic nitrogens is 2. The number of halogens is 3. The number of alkyl halides is 3. The van der Waals surface area contributed by atoms with Crippen LogP contribution in [-0.2, 0) is 4.74 Å². The summed E-state index contributed by atoms with van der Waals surface area (Å²) in [5.74, 6) is 1.37. The summed E-state index contributed by atoms with van der Waals surface area (Å²) in [5.41, 5.74) is 1.51. The summed E-state index contributed by atoms with van der Waals surface area (Å²) in [7, 11) is 0. The second-order valence-electron chi connectivity index (χ2n) is 6.78. The molecule has 5 nitrogen and oxygen atoms in total. The smallest absolute Gasteiger partial charge is 0.406 e. The van der Waals surface area contributed by atoms with Gasteiger partial charge in [-0.2, -0.15) is 0 Å². The lowest BCUT2D eigenvalue weighted by molar-refractivity contribution is -0.274. The Hall–Kier alpha value is -2.06. The molecule has 1 saturated heterocycles. The normalized spacial score (nSPS) is 21.7. The maximum absolute atomic E-state index is 12.3. The first-order valence-electron chi connectivity index (χ1n) is 8.71. The second kappa shape index (κ2) is 6.92. The molecule has 0 amide bonds. The van der Waals surface area contributed by atoms with E-state index in [0.717, 1.165) is 42.7 Å². The Balaban J connectivity index is 1.48. The van der Waals surface area contributed by atoms with Crippen molar-refractivity contribution in [2.75, 3.05) is 26.3 Å². The van der Waals surface area contributed by atoms with E-state index >= 15 is 0 Å². The summed E-state index contributed by atoms with van der Waals surface area (Å²) in [5, 5.41) is 0. The number of morpholine rings is 1. The molecular weight excluding hydrogens is 347 g/mol. The fourth-order valence-electron chi connectivity index (χ4n) is 3.23. The molecule has 4 rings (SSSR count). The van der Waals surface area contributed by atoms with Crippen LogP contribution in [0.15, 0.2) is 30.5 Å². The molecule has 1 aromatic heterocycles. The number of nitrogens with one attached hydrogen (secondary N) is 1. The lowest BCUT2D eigenvalue weighted by Gasteiger charge is -2.34. The van der Waals surface area contributed by atoms with Gasteiger partial charge in [-0.1, -0.05) is 0 Å². The van der Waals surface area contributed by atoms with Gasteiger partial charge in [-0.25, -0.2) is 4.98 Å². The SMILES string of the molecule is FC(F)(F)Oc1ccc(-c2cnc([C@@H]3COCCN3CC3CC3)[nH]2)cc1. The number of H-pyrrole nitrogens is 1. The Bertz CT molecular complexity index is 741. The van der Waals surface area contributed by atoms with Crippen LogP contribution in [0.1, 0.15) is 24.7 Å². The molecule has 1 saturated carbocycles. The quantitative estimate of drug-likeness (QED) is 0.874. The number of hydrogen-bond donors (Lipinski definition) is 1. The van der Waals surface area contributed by atoms with Crippen molar-refractivity contribution in [3.63, 3.8) is 0 Å². The summed E-state index contributed by atoms with van der Waals surface area (Å²) < 4.78 is 46.3. The van der Waals surface area contributed by atoms with E-state index in [4.69, 9.17) is 4.74 Å². The van der Waals surface area contributed by atoms with Gasteiger partial charge in [0.1, 0.15) is 11.6 Å². The standard InChI is InChI=1S/C18H20F3N3O2/c19-18(20,21)26-14-5-3-13(4-6-14)15-9-22-17(23-15)16-11-25-8-7-24(16)10-12-1-2-12/h3-6,9,12,16H,1-2,7-8,10-11H2,(H,22,23)/t16-/m0/s1. The van der Waals surface area contributed by atoms with Crippen molar-refractivity contribution in [3.8, 4) is 17.0 Å². The van der Waals surface area contributed by atoms with Crippen molar-refractivity contribution in [1.29, 1.82) is 0 Å². The van der Waals surface area contributed by atoms with Crippen LogP contribution < -0.4 is 4.74 Å². The lowest BCUT2D eigenvalue weighted by atomic mass is 10.1. The molecule has 26 heavy (non-hydrogen) atoms. The molecule has 0 radical (unpaired) electrons. The zero-order valence-electron chi connectivity index (χ0n) is 14.1. The minimum atomic E-state index is -4.69. The van der Waals surface area contributed by atoms with Crippen LogP contribution in [0.5, 0.6) is 5.75 Å². The largest absolute Gasteiger partial charge is 0.573 e. The maximum atomic E-state index is 12.3. The van der Waals surface area contributed by atoms with Gasteiger partial charge < -0.3 is 14.5 Å². The highest BCUT2D eigenvalue weighted by molar-refractivity contribution is 5.59. The molecule has 1 aliphatic heterocycles. The van der Waals surface area contributed by atoms with Crippen molar-refractivity contribution < 1.29 is 22.6 Å². The number of imidazole rings is 1. The van der Waals surface area contributed by atoms with E-state index in [-0.39, 0.29) is 11.8 Å². The molecule has 1 N–H and O–H groups in total. The number of hydrogen-bond acceptors (Lipinski definition) is 4. The first kappa shape index (κ1) is 17.4. The van der Waals surface area contributed by atoms with Crippen molar-refractivity contribution >= 4 is 0 Å². The fraction of sp³-hybridized carbons (Fsp3) is 0.500. The Morgan fingerprint density at radius 3 is 2.69 bits per heavy atom. The highest BCUT2D eigenvalue weighted by Crippen LogP contribution is 2.34. The van der Waals surface area contributed by atoms with Gasteiger partial charge in [0, 0.05) is 13.1 Å². The monoisotopic (exact) mass is 367 g/mol. The summed E-state index contributed by atoms with van der Waals surface area (Å²) in [4.78, 5) is 10.2. The van der Waals surface area contributed by atoms with E-state index in [1.54, 1.807) is 18.3 Å². The third kappa shape index (κ3) is 4.19. The summed E-state index contributed by atoms with van der Waals surface area (Å²) in [6.45, 7) is 3.28. The molecule has 0 bridgehead atoms. The van der Waals surface area contributed by atoms with Crippen LogP contribution in [0, 0.1) is 5.92 Å². The van der Waals surface area contributed by atoms with Gasteiger partial charge in [-0.15, -0.1) is 13.2 Å². The van der Waals surface area contributed by atoms with Crippen LogP contribution >= 0.6 is 0 Å². The summed E-state index contributed by atoms with van der Waals surface area (Å²) in [6.07, 6.45) is -0.396. The van der Waals surface area contributed by atoms with Gasteiger partial charge in [0.25, 0.3) is 0 Å². The summed E-state index contributed by atoms with van der Waals surface area (Å²) >= 11 is 0. The van der Waals surface area contributed by atoms with Crippen molar-refractivity contribution in [1.82, 2.24) is 14.9 Å². The minimum absolute atomic E-state index is 0.0888. The Morgan fingerprint density at radius 1 is 1.23 bits per heavy atom. The van der Waals surface area contributed by atoms with Crippen molar-refractivity contribution in [2.45, 2.75) is 25.2 Å². The number of benzene rings is 1. The van der Waals surface area contributed by atoms with Gasteiger partial charge in [-0.3, -0.25) is 4.90 Å². The third-order valence-corrected chi connectivity index (χ3v) is 4.74. The zero-order valence-corrected chi connectivity index (χ0v) is 14.1. The van der Waals surface area contributed by atoms with Crippen molar-refractivity contribution in [2.24, 2.45) is 5.92 Å². The molecule has 2 aliphatic rings. The van der Waals surface area contributed by atoms with E-state index < -0.39 is 6.36 Å². The van der Waals surface area contributed by atoms with E-state index in [2.05, 4.69) is 19.6 Å². The third-order valence-electron chi connectivity index (χ3n) is 4.74. The zero-order chi connectivity index (χ0) is 18.1. The Kier molecular flexibility index (Phi) is 4.62. The minimum Gasteiger partial charge on any atom is -0.406 e. The topological polar surface area (TPSA) is 50.4 Å². The highest BCUT2D eigenvalue weighted by atomic mass is 19.4. The molecule has 0 unspecified atom stereocenters. The highest BCUT2D eigenvalue weighted by Gasteiger charge is 2.33. The van der Waals surface area contributed by atoms with Crippen LogP contribution in [0.2, 0.25) is 0 Å². The molecule has 1 aromatic carbocycles. The first-order chi connectivity index (χ1) is 12.5. The number of rotatable bonds is 5. The number of nitrogens with zero attached hydrogens (tertiary/aromatic N) is 2. The average molecular weight is 367 g/mol. The molecular formula is C18H20F3N3O2. The van der Waals surface area contributed by atoms with Crippen LogP contribution in [0.3, 0.4) is 0 Å². The first-order valence-corrected chi connectivity index (χ1v) is 8.71. The fourth-order valence-corrected chi connectivity index (χ4v) is 3.23. The predicted molar refractivity (Wildman–Crippen MR) is 88.6 cm³/mol. The maximum Gasteiger partial charge on any atom is 0.573 e. The average Bonchev–Trinajstić information content (AvgIpc) is 3.28. The van der Waals surface area contributed by atoms with E-state index in [9.17, 15) is 13.2 Å².